The van der Waals surface area contributed by atoms with Crippen LogP contribution in [-0.2, 0) is 0 Å². The first-order chi connectivity index (χ1) is 9.45. The van der Waals surface area contributed by atoms with E-state index in [1.807, 2.05) is 18.2 Å². The van der Waals surface area contributed by atoms with Gasteiger partial charge in [0.1, 0.15) is 5.84 Å². The van der Waals surface area contributed by atoms with Crippen LogP contribution in [0.1, 0.15) is 24.2 Å². The van der Waals surface area contributed by atoms with Crippen molar-refractivity contribution in [3.63, 3.8) is 0 Å². The molecule has 0 fully saturated rings. The topological polar surface area (TPSA) is 105 Å². The predicted octanol–water partition coefficient (Wildman–Crippen LogP) is 0.837. The van der Waals surface area contributed by atoms with Gasteiger partial charge in [-0.3, -0.25) is 4.79 Å². The summed E-state index contributed by atoms with van der Waals surface area (Å²) in [6, 6.07) is 5.49. The highest BCUT2D eigenvalue weighted by Crippen LogP contribution is 2.15. The number of nitrogens with zero attached hydrogens (tertiary/aromatic N) is 3. The molecule has 2 aromatic heterocycles. The number of carbonyl (C=O) groups is 1. The van der Waals surface area contributed by atoms with Gasteiger partial charge in [0.25, 0.3) is 5.91 Å². The smallest absolute Gasteiger partial charge is 0.255 e. The van der Waals surface area contributed by atoms with Gasteiger partial charge in [0.15, 0.2) is 0 Å². The van der Waals surface area contributed by atoms with Gasteiger partial charge in [-0.2, -0.15) is 5.10 Å². The van der Waals surface area contributed by atoms with Crippen LogP contribution in [0.15, 0.2) is 35.7 Å². The SMILES string of the molecule is CC(C)(CNC(=O)c1cnn2ccccc12)/C(N)=N/O. The van der Waals surface area contributed by atoms with Gasteiger partial charge in [0.05, 0.1) is 17.3 Å². The first-order valence-electron chi connectivity index (χ1n) is 6.14. The Morgan fingerprint density at radius 3 is 3.00 bits per heavy atom. The van der Waals surface area contributed by atoms with E-state index in [0.29, 0.717) is 5.56 Å². The van der Waals surface area contributed by atoms with Gasteiger partial charge in [0, 0.05) is 18.2 Å². The lowest BCUT2D eigenvalue weighted by molar-refractivity contribution is 0.0946. The molecule has 0 radical (unpaired) electrons. The van der Waals surface area contributed by atoms with Gasteiger partial charge in [0.2, 0.25) is 0 Å². The molecule has 0 saturated heterocycles. The zero-order chi connectivity index (χ0) is 14.8. The minimum absolute atomic E-state index is 0.0673. The lowest BCUT2D eigenvalue weighted by Gasteiger charge is -2.22. The molecule has 1 amide bonds. The van der Waals surface area contributed by atoms with Crippen LogP contribution < -0.4 is 11.1 Å². The zero-order valence-electron chi connectivity index (χ0n) is 11.4. The molecule has 7 heteroatoms. The van der Waals surface area contributed by atoms with Gasteiger partial charge in [-0.05, 0) is 12.1 Å². The third-order valence-corrected chi connectivity index (χ3v) is 3.16. The number of amidine groups is 1. The normalized spacial score (nSPS) is 12.6. The summed E-state index contributed by atoms with van der Waals surface area (Å²) in [7, 11) is 0. The molecule has 0 spiro atoms. The van der Waals surface area contributed by atoms with E-state index >= 15 is 0 Å². The summed E-state index contributed by atoms with van der Waals surface area (Å²) in [5, 5.41) is 18.5. The lowest BCUT2D eigenvalue weighted by Crippen LogP contribution is -2.42. The van der Waals surface area contributed by atoms with Crippen molar-refractivity contribution in [3.8, 4) is 0 Å². The lowest BCUT2D eigenvalue weighted by atomic mass is 9.92. The van der Waals surface area contributed by atoms with E-state index in [2.05, 4.69) is 15.6 Å². The molecule has 0 atom stereocenters. The van der Waals surface area contributed by atoms with E-state index in [9.17, 15) is 4.79 Å². The van der Waals surface area contributed by atoms with Crippen LogP contribution in [0.2, 0.25) is 0 Å². The predicted molar refractivity (Wildman–Crippen MR) is 74.7 cm³/mol. The van der Waals surface area contributed by atoms with Gasteiger partial charge < -0.3 is 16.3 Å². The summed E-state index contributed by atoms with van der Waals surface area (Å²) < 4.78 is 1.63. The Bertz CT molecular complexity index is 660. The summed E-state index contributed by atoms with van der Waals surface area (Å²) in [4.78, 5) is 12.2. The highest BCUT2D eigenvalue weighted by Gasteiger charge is 2.25. The van der Waals surface area contributed by atoms with Crippen molar-refractivity contribution in [2.24, 2.45) is 16.3 Å². The van der Waals surface area contributed by atoms with Crippen molar-refractivity contribution in [1.29, 1.82) is 0 Å². The van der Waals surface area contributed by atoms with Crippen LogP contribution >= 0.6 is 0 Å². The van der Waals surface area contributed by atoms with E-state index in [0.717, 1.165) is 5.52 Å². The second-order valence-corrected chi connectivity index (χ2v) is 5.14. The number of carbonyl (C=O) groups excluding carboxylic acids is 1. The Morgan fingerprint density at radius 2 is 2.30 bits per heavy atom. The molecule has 2 heterocycles. The van der Waals surface area contributed by atoms with Crippen molar-refractivity contribution in [3.05, 3.63) is 36.2 Å². The monoisotopic (exact) mass is 275 g/mol. The van der Waals surface area contributed by atoms with Crippen molar-refractivity contribution in [2.75, 3.05) is 6.54 Å². The summed E-state index contributed by atoms with van der Waals surface area (Å²) in [6.45, 7) is 3.81. The number of fused-ring (bicyclic) bond motifs is 1. The Morgan fingerprint density at radius 1 is 1.55 bits per heavy atom. The minimum atomic E-state index is -0.632. The Labute approximate surface area is 116 Å². The summed E-state index contributed by atoms with van der Waals surface area (Å²) in [5.41, 5.74) is 6.16. The number of nitrogens with two attached hydrogens (primary N) is 1. The third kappa shape index (κ3) is 2.56. The Hall–Kier alpha value is -2.57. The van der Waals surface area contributed by atoms with Gasteiger partial charge in [-0.1, -0.05) is 25.1 Å². The first-order valence-corrected chi connectivity index (χ1v) is 6.14. The highest BCUT2D eigenvalue weighted by atomic mass is 16.4. The quantitative estimate of drug-likeness (QED) is 0.333. The highest BCUT2D eigenvalue weighted by molar-refractivity contribution is 6.00. The third-order valence-electron chi connectivity index (χ3n) is 3.16. The molecule has 4 N–H and O–H groups in total. The van der Waals surface area contributed by atoms with Gasteiger partial charge in [-0.15, -0.1) is 0 Å². The molecule has 0 aliphatic carbocycles. The number of pyridine rings is 1. The molecule has 2 rings (SSSR count). The van der Waals surface area contributed by atoms with Gasteiger partial charge >= 0.3 is 0 Å². The number of oxime groups is 1. The summed E-state index contributed by atoms with van der Waals surface area (Å²) in [6.07, 6.45) is 3.29. The standard InChI is InChI=1S/C13H17N5O2/c1-13(2,12(14)17-20)8-15-11(19)9-7-16-18-6-4-3-5-10(9)18/h3-7,20H,8H2,1-2H3,(H2,14,17)(H,15,19). The van der Waals surface area contributed by atoms with E-state index in [4.69, 9.17) is 10.9 Å². The molecule has 0 unspecified atom stereocenters. The van der Waals surface area contributed by atoms with E-state index in [1.165, 1.54) is 6.20 Å². The van der Waals surface area contributed by atoms with Crippen molar-refractivity contribution in [2.45, 2.75) is 13.8 Å². The first kappa shape index (κ1) is 13.9. The van der Waals surface area contributed by atoms with E-state index in [1.54, 1.807) is 24.6 Å². The van der Waals surface area contributed by atoms with Crippen LogP contribution in [0, 0.1) is 5.41 Å². The molecule has 0 aromatic carbocycles. The molecular weight excluding hydrogens is 258 g/mol. The summed E-state index contributed by atoms with van der Waals surface area (Å²) >= 11 is 0. The number of rotatable bonds is 4. The second kappa shape index (κ2) is 5.20. The molecule has 0 aliphatic rings. The number of nitrogens with one attached hydrogen (secondary N) is 1. The van der Waals surface area contributed by atoms with Crippen molar-refractivity contribution >= 4 is 17.3 Å². The van der Waals surface area contributed by atoms with E-state index < -0.39 is 5.41 Å². The second-order valence-electron chi connectivity index (χ2n) is 5.14. The van der Waals surface area contributed by atoms with Crippen molar-refractivity contribution < 1.29 is 10.0 Å². The summed E-state index contributed by atoms with van der Waals surface area (Å²) in [5.74, 6) is -0.178. The minimum Gasteiger partial charge on any atom is -0.409 e. The van der Waals surface area contributed by atoms with E-state index in [-0.39, 0.29) is 18.3 Å². The maximum absolute atomic E-state index is 12.2. The molecule has 106 valence electrons. The molecule has 0 aliphatic heterocycles. The van der Waals surface area contributed by atoms with Crippen molar-refractivity contribution in [1.82, 2.24) is 14.9 Å². The number of aromatic nitrogens is 2. The Balaban J connectivity index is 2.13. The molecule has 7 nitrogen and oxygen atoms in total. The molecular formula is C13H17N5O2. The fourth-order valence-corrected chi connectivity index (χ4v) is 1.73. The fraction of sp³-hybridized carbons (Fsp3) is 0.308. The number of amides is 1. The zero-order valence-corrected chi connectivity index (χ0v) is 11.4. The van der Waals surface area contributed by atoms with Crippen LogP contribution in [-0.4, -0.2) is 33.1 Å². The number of hydrogen-bond acceptors (Lipinski definition) is 4. The molecule has 0 saturated carbocycles. The van der Waals surface area contributed by atoms with Crippen LogP contribution in [0.25, 0.3) is 5.52 Å². The maximum atomic E-state index is 12.2. The van der Waals surface area contributed by atoms with Crippen LogP contribution in [0.5, 0.6) is 0 Å². The average molecular weight is 275 g/mol. The van der Waals surface area contributed by atoms with Crippen LogP contribution in [0.3, 0.4) is 0 Å². The largest absolute Gasteiger partial charge is 0.409 e. The van der Waals surface area contributed by atoms with Crippen LogP contribution in [0.4, 0.5) is 0 Å². The fourth-order valence-electron chi connectivity index (χ4n) is 1.73. The molecule has 0 bridgehead atoms. The average Bonchev–Trinajstić information content (AvgIpc) is 2.88. The maximum Gasteiger partial charge on any atom is 0.255 e. The molecule has 2 aromatic rings. The molecule has 20 heavy (non-hydrogen) atoms. The number of hydrogen-bond donors (Lipinski definition) is 3. The Kier molecular flexibility index (Phi) is 3.60. The van der Waals surface area contributed by atoms with Gasteiger partial charge in [-0.25, -0.2) is 4.52 Å².